The van der Waals surface area contributed by atoms with Crippen molar-refractivity contribution >= 4 is 17.4 Å². The Balaban J connectivity index is 2.08. The zero-order valence-electron chi connectivity index (χ0n) is 20.7. The highest BCUT2D eigenvalue weighted by molar-refractivity contribution is 6.46. The summed E-state index contributed by atoms with van der Waals surface area (Å²) in [4.78, 5) is 27.6. The molecule has 188 valence electrons. The molecule has 1 amide bonds. The number of carbonyl (C=O) groups excluding carboxylic acids is 2. The van der Waals surface area contributed by atoms with Crippen LogP contribution in [0.1, 0.15) is 48.9 Å². The number of ketones is 1. The lowest BCUT2D eigenvalue weighted by Gasteiger charge is -2.25. The number of phenols is 1. The lowest BCUT2D eigenvalue weighted by atomic mass is 9.94. The summed E-state index contributed by atoms with van der Waals surface area (Å²) in [5.41, 5.74) is 1.74. The third-order valence-corrected chi connectivity index (χ3v) is 6.01. The Morgan fingerprint density at radius 1 is 1.03 bits per heavy atom. The maximum Gasteiger partial charge on any atom is 0.295 e. The third-order valence-electron chi connectivity index (χ3n) is 6.01. The summed E-state index contributed by atoms with van der Waals surface area (Å²) in [6.45, 7) is 5.21. The molecule has 0 spiro atoms. The number of aromatic hydroxyl groups is 1. The summed E-state index contributed by atoms with van der Waals surface area (Å²) >= 11 is 0. The third kappa shape index (κ3) is 5.59. The van der Waals surface area contributed by atoms with Crippen molar-refractivity contribution in [3.8, 4) is 17.2 Å². The van der Waals surface area contributed by atoms with Gasteiger partial charge in [0.05, 0.1) is 25.3 Å². The van der Waals surface area contributed by atoms with Crippen LogP contribution in [0.15, 0.2) is 42.0 Å². The molecule has 0 radical (unpaired) electrons. The number of carbonyl (C=O) groups is 2. The minimum Gasteiger partial charge on any atom is -0.507 e. The number of methoxy groups -OCH3 is 2. The standard InChI is InChI=1S/C27H33NO7/c1-5-6-14-35-21-11-9-19(15-17(21)2)25(30)23-24(18-8-10-20(29)22(16-18)34-4)28(12-7-13-33-3)27(32)26(23)31/h8-11,15-16,24,29-30H,5-7,12-14H2,1-4H3/t24-/m0/s1. The van der Waals surface area contributed by atoms with E-state index in [1.807, 2.05) is 6.92 Å². The number of aryl methyl sites for hydroxylation is 1. The van der Waals surface area contributed by atoms with E-state index in [-0.39, 0.29) is 29.4 Å². The second-order valence-electron chi connectivity index (χ2n) is 8.45. The van der Waals surface area contributed by atoms with Gasteiger partial charge in [-0.3, -0.25) is 9.59 Å². The second-order valence-corrected chi connectivity index (χ2v) is 8.45. The molecule has 1 saturated heterocycles. The molecule has 1 fully saturated rings. The fraction of sp³-hybridized carbons (Fsp3) is 0.407. The Bertz CT molecular complexity index is 1110. The summed E-state index contributed by atoms with van der Waals surface area (Å²) in [5.74, 6) is -0.891. The quantitative estimate of drug-likeness (QED) is 0.212. The van der Waals surface area contributed by atoms with Crippen molar-refractivity contribution in [2.24, 2.45) is 0 Å². The van der Waals surface area contributed by atoms with E-state index in [1.165, 1.54) is 18.1 Å². The predicted molar refractivity (Wildman–Crippen MR) is 132 cm³/mol. The number of amides is 1. The van der Waals surface area contributed by atoms with Gasteiger partial charge in [0.2, 0.25) is 0 Å². The van der Waals surface area contributed by atoms with Crippen molar-refractivity contribution in [1.29, 1.82) is 0 Å². The minimum atomic E-state index is -0.845. The average molecular weight is 484 g/mol. The molecule has 2 aromatic carbocycles. The van der Waals surface area contributed by atoms with Gasteiger partial charge in [-0.15, -0.1) is 0 Å². The van der Waals surface area contributed by atoms with E-state index in [0.717, 1.165) is 18.4 Å². The van der Waals surface area contributed by atoms with E-state index >= 15 is 0 Å². The van der Waals surface area contributed by atoms with Crippen LogP contribution >= 0.6 is 0 Å². The van der Waals surface area contributed by atoms with Gasteiger partial charge in [0, 0.05) is 25.8 Å². The molecule has 3 rings (SSSR count). The molecule has 8 heteroatoms. The Kier molecular flexibility index (Phi) is 8.76. The maximum atomic E-state index is 13.1. The molecular formula is C27H33NO7. The first-order chi connectivity index (χ1) is 16.8. The number of phenolic OH excluding ortho intramolecular Hbond substituents is 1. The van der Waals surface area contributed by atoms with E-state index in [9.17, 15) is 19.8 Å². The normalized spacial score (nSPS) is 17.1. The number of ether oxygens (including phenoxy) is 3. The number of unbranched alkanes of at least 4 members (excludes halogenated alkanes) is 1. The Morgan fingerprint density at radius 3 is 2.46 bits per heavy atom. The maximum absolute atomic E-state index is 13.1. The van der Waals surface area contributed by atoms with Crippen LogP contribution in [-0.2, 0) is 14.3 Å². The Hall–Kier alpha value is -3.52. The molecule has 2 N–H and O–H groups in total. The summed E-state index contributed by atoms with van der Waals surface area (Å²) in [6, 6.07) is 8.95. The van der Waals surface area contributed by atoms with Gasteiger partial charge >= 0.3 is 0 Å². The van der Waals surface area contributed by atoms with Crippen molar-refractivity contribution in [2.75, 3.05) is 34.0 Å². The van der Waals surface area contributed by atoms with E-state index in [4.69, 9.17) is 14.2 Å². The second kappa shape index (κ2) is 11.8. The average Bonchev–Trinajstić information content (AvgIpc) is 3.10. The molecule has 1 heterocycles. The van der Waals surface area contributed by atoms with Gasteiger partial charge in [0.1, 0.15) is 11.5 Å². The SMILES string of the molecule is CCCCOc1ccc(C(O)=C2C(=O)C(=O)N(CCCOC)[C@H]2c2ccc(O)c(OC)c2)cc1C. The molecule has 1 aliphatic rings. The number of hydrogen-bond donors (Lipinski definition) is 2. The van der Waals surface area contributed by atoms with Crippen LogP contribution in [0.5, 0.6) is 17.2 Å². The summed E-state index contributed by atoms with van der Waals surface area (Å²) < 4.78 is 16.1. The van der Waals surface area contributed by atoms with Crippen LogP contribution < -0.4 is 9.47 Å². The molecule has 0 unspecified atom stereocenters. The number of hydrogen-bond acceptors (Lipinski definition) is 7. The molecule has 1 atom stereocenters. The van der Waals surface area contributed by atoms with E-state index in [1.54, 1.807) is 37.4 Å². The van der Waals surface area contributed by atoms with E-state index in [2.05, 4.69) is 6.92 Å². The summed E-state index contributed by atoms with van der Waals surface area (Å²) in [7, 11) is 2.98. The predicted octanol–water partition coefficient (Wildman–Crippen LogP) is 4.35. The smallest absolute Gasteiger partial charge is 0.295 e. The number of aliphatic hydroxyl groups is 1. The number of aliphatic hydroxyl groups excluding tert-OH is 1. The van der Waals surface area contributed by atoms with Crippen molar-refractivity contribution < 1.29 is 34.0 Å². The molecule has 1 aliphatic heterocycles. The fourth-order valence-electron chi connectivity index (χ4n) is 4.14. The van der Waals surface area contributed by atoms with Gasteiger partial charge in [0.25, 0.3) is 11.7 Å². The number of rotatable bonds is 11. The lowest BCUT2D eigenvalue weighted by Crippen LogP contribution is -2.31. The van der Waals surface area contributed by atoms with Gasteiger partial charge in [-0.1, -0.05) is 19.4 Å². The Labute approximate surface area is 205 Å². The number of benzene rings is 2. The van der Waals surface area contributed by atoms with Crippen LogP contribution in [0.2, 0.25) is 0 Å². The number of likely N-dealkylation sites (tertiary alicyclic amines) is 1. The first-order valence-corrected chi connectivity index (χ1v) is 11.7. The zero-order valence-corrected chi connectivity index (χ0v) is 20.7. The number of nitrogens with zero attached hydrogens (tertiary/aromatic N) is 1. The summed E-state index contributed by atoms with van der Waals surface area (Å²) in [6.07, 6.45) is 2.46. The number of Topliss-reactive ketones (excluding diaryl/α,β-unsaturated/α-hetero) is 1. The minimum absolute atomic E-state index is 0.0146. The van der Waals surface area contributed by atoms with Gasteiger partial charge in [-0.25, -0.2) is 0 Å². The fourth-order valence-corrected chi connectivity index (χ4v) is 4.14. The van der Waals surface area contributed by atoms with Crippen molar-refractivity contribution in [2.45, 2.75) is 39.2 Å². The molecule has 0 aliphatic carbocycles. The van der Waals surface area contributed by atoms with Crippen LogP contribution in [0.3, 0.4) is 0 Å². The van der Waals surface area contributed by atoms with Crippen LogP contribution in [0.4, 0.5) is 0 Å². The van der Waals surface area contributed by atoms with E-state index in [0.29, 0.717) is 36.5 Å². The van der Waals surface area contributed by atoms with Crippen molar-refractivity contribution in [3.05, 3.63) is 58.7 Å². The molecule has 35 heavy (non-hydrogen) atoms. The van der Waals surface area contributed by atoms with Gasteiger partial charge < -0.3 is 29.3 Å². The zero-order chi connectivity index (χ0) is 25.5. The van der Waals surface area contributed by atoms with E-state index < -0.39 is 17.7 Å². The van der Waals surface area contributed by atoms with Crippen LogP contribution in [0.25, 0.3) is 5.76 Å². The van der Waals surface area contributed by atoms with Crippen LogP contribution in [0, 0.1) is 6.92 Å². The van der Waals surface area contributed by atoms with Gasteiger partial charge in [-0.2, -0.15) is 0 Å². The molecule has 0 aromatic heterocycles. The molecule has 2 aromatic rings. The summed E-state index contributed by atoms with van der Waals surface area (Å²) in [5, 5.41) is 21.3. The first-order valence-electron chi connectivity index (χ1n) is 11.7. The topological polar surface area (TPSA) is 106 Å². The Morgan fingerprint density at radius 2 is 1.80 bits per heavy atom. The largest absolute Gasteiger partial charge is 0.507 e. The monoisotopic (exact) mass is 483 g/mol. The molecule has 0 bridgehead atoms. The van der Waals surface area contributed by atoms with Crippen LogP contribution in [-0.4, -0.2) is 60.8 Å². The lowest BCUT2D eigenvalue weighted by molar-refractivity contribution is -0.140. The van der Waals surface area contributed by atoms with Gasteiger partial charge in [-0.05, 0) is 61.2 Å². The molecule has 0 saturated carbocycles. The van der Waals surface area contributed by atoms with Gasteiger partial charge in [0.15, 0.2) is 11.5 Å². The first kappa shape index (κ1) is 26.1. The highest BCUT2D eigenvalue weighted by atomic mass is 16.5. The molecular weight excluding hydrogens is 450 g/mol. The highest BCUT2D eigenvalue weighted by Crippen LogP contribution is 2.42. The molecule has 8 nitrogen and oxygen atoms in total. The highest BCUT2D eigenvalue weighted by Gasteiger charge is 2.46. The van der Waals surface area contributed by atoms with Crippen molar-refractivity contribution in [3.63, 3.8) is 0 Å². The van der Waals surface area contributed by atoms with Crippen molar-refractivity contribution in [1.82, 2.24) is 4.90 Å².